The van der Waals surface area contributed by atoms with Crippen LogP contribution >= 0.6 is 11.6 Å². The average Bonchev–Trinajstić information content (AvgIpc) is 3.06. The van der Waals surface area contributed by atoms with E-state index in [0.29, 0.717) is 10.7 Å². The molecule has 0 aliphatic rings. The number of para-hydroxylation sites is 2. The fraction of sp³-hybridized carbons (Fsp3) is 0.130. The van der Waals surface area contributed by atoms with Gasteiger partial charge in [0.2, 0.25) is 0 Å². The highest BCUT2D eigenvalue weighted by atomic mass is 35.5. The van der Waals surface area contributed by atoms with Gasteiger partial charge >= 0.3 is 0 Å². The van der Waals surface area contributed by atoms with Gasteiger partial charge in [-0.05, 0) is 42.8 Å². The lowest BCUT2D eigenvalue weighted by Gasteiger charge is -2.06. The lowest BCUT2D eigenvalue weighted by atomic mass is 10.1. The minimum Gasteiger partial charge on any atom is -0.375 e. The summed E-state index contributed by atoms with van der Waals surface area (Å²) in [6, 6.07) is 21.9. The molecule has 0 aliphatic heterocycles. The minimum atomic E-state index is -0.246. The predicted molar refractivity (Wildman–Crippen MR) is 121 cm³/mol. The molecule has 146 valence electrons. The molecule has 0 fully saturated rings. The predicted octanol–water partition coefficient (Wildman–Crippen LogP) is 5.03. The highest BCUT2D eigenvalue weighted by Gasteiger charge is 2.09. The van der Waals surface area contributed by atoms with Crippen molar-refractivity contribution < 1.29 is 4.79 Å². The van der Waals surface area contributed by atoms with Crippen LogP contribution in [0, 0.1) is 0 Å². The van der Waals surface area contributed by atoms with E-state index in [9.17, 15) is 4.79 Å². The number of nitrogens with one attached hydrogen (secondary N) is 2. The van der Waals surface area contributed by atoms with Crippen LogP contribution < -0.4 is 10.7 Å². The van der Waals surface area contributed by atoms with Crippen LogP contribution in [-0.2, 0) is 11.3 Å². The van der Waals surface area contributed by atoms with Crippen LogP contribution in [0.15, 0.2) is 71.8 Å². The van der Waals surface area contributed by atoms with E-state index in [2.05, 4.69) is 63.7 Å². The number of fused-ring (bicyclic) bond motifs is 3. The molecule has 1 aromatic heterocycles. The number of carbonyl (C=O) groups excluding carboxylic acids is 1. The highest BCUT2D eigenvalue weighted by Crippen LogP contribution is 2.29. The topological polar surface area (TPSA) is 58.4 Å². The molecule has 0 aliphatic carbocycles. The number of halogens is 1. The molecule has 0 radical (unpaired) electrons. The Kier molecular flexibility index (Phi) is 5.49. The van der Waals surface area contributed by atoms with Gasteiger partial charge in [-0.15, -0.1) is 0 Å². The number of hydrogen-bond acceptors (Lipinski definition) is 3. The first-order chi connectivity index (χ1) is 14.2. The molecule has 2 N–H and O–H groups in total. The summed E-state index contributed by atoms with van der Waals surface area (Å²) in [5.74, 6) is -0.246. The van der Waals surface area contributed by atoms with Crippen LogP contribution in [0.1, 0.15) is 12.5 Å². The van der Waals surface area contributed by atoms with Crippen LogP contribution in [0.5, 0.6) is 0 Å². The number of aryl methyl sites for hydroxylation is 1. The molecule has 0 bridgehead atoms. The number of anilines is 1. The van der Waals surface area contributed by atoms with Gasteiger partial charge in [0, 0.05) is 28.4 Å². The summed E-state index contributed by atoms with van der Waals surface area (Å²) in [6.07, 6.45) is 1.66. The lowest BCUT2D eigenvalue weighted by Crippen LogP contribution is -2.25. The number of rotatable bonds is 6. The molecule has 3 aromatic carbocycles. The highest BCUT2D eigenvalue weighted by molar-refractivity contribution is 6.33. The second-order valence-electron chi connectivity index (χ2n) is 6.66. The summed E-state index contributed by atoms with van der Waals surface area (Å²) in [6.45, 7) is 3.14. The van der Waals surface area contributed by atoms with Gasteiger partial charge in [-0.25, -0.2) is 5.43 Å². The van der Waals surface area contributed by atoms with E-state index in [1.165, 1.54) is 21.8 Å². The van der Waals surface area contributed by atoms with E-state index >= 15 is 0 Å². The number of aromatic nitrogens is 1. The van der Waals surface area contributed by atoms with Crippen molar-refractivity contribution in [3.05, 3.63) is 77.3 Å². The molecule has 4 rings (SSSR count). The van der Waals surface area contributed by atoms with Crippen LogP contribution in [0.3, 0.4) is 0 Å². The van der Waals surface area contributed by atoms with E-state index in [1.54, 1.807) is 12.3 Å². The van der Waals surface area contributed by atoms with E-state index in [1.807, 2.05) is 24.3 Å². The number of carbonyl (C=O) groups is 1. The Hall–Kier alpha value is -3.31. The molecule has 0 spiro atoms. The van der Waals surface area contributed by atoms with E-state index in [4.69, 9.17) is 11.6 Å². The van der Waals surface area contributed by atoms with Crippen molar-refractivity contribution in [3.8, 4) is 0 Å². The van der Waals surface area contributed by atoms with Crippen LogP contribution in [0.4, 0.5) is 5.69 Å². The van der Waals surface area contributed by atoms with Crippen molar-refractivity contribution >= 4 is 51.2 Å². The fourth-order valence-electron chi connectivity index (χ4n) is 3.49. The number of amides is 1. The van der Waals surface area contributed by atoms with Crippen LogP contribution in [0.25, 0.3) is 21.8 Å². The van der Waals surface area contributed by atoms with Crippen LogP contribution in [0.2, 0.25) is 5.02 Å². The average molecular weight is 405 g/mol. The number of hydrazone groups is 1. The third kappa shape index (κ3) is 3.96. The lowest BCUT2D eigenvalue weighted by molar-refractivity contribution is -0.119. The second-order valence-corrected chi connectivity index (χ2v) is 7.07. The molecule has 0 saturated carbocycles. The number of hydrogen-bond donors (Lipinski definition) is 2. The van der Waals surface area contributed by atoms with E-state index < -0.39 is 0 Å². The van der Waals surface area contributed by atoms with Crippen molar-refractivity contribution in [2.24, 2.45) is 5.10 Å². The molecule has 29 heavy (non-hydrogen) atoms. The Labute approximate surface area is 174 Å². The van der Waals surface area contributed by atoms with Crippen molar-refractivity contribution in [2.45, 2.75) is 13.5 Å². The third-order valence-corrected chi connectivity index (χ3v) is 5.16. The molecular weight excluding hydrogens is 384 g/mol. The maximum absolute atomic E-state index is 12.0. The third-order valence-electron chi connectivity index (χ3n) is 4.83. The molecule has 4 aromatic rings. The molecule has 5 nitrogen and oxygen atoms in total. The quantitative estimate of drug-likeness (QED) is 0.350. The smallest absolute Gasteiger partial charge is 0.259 e. The Morgan fingerprint density at radius 2 is 1.79 bits per heavy atom. The Morgan fingerprint density at radius 1 is 1.03 bits per heavy atom. The minimum absolute atomic E-state index is 0.0874. The molecule has 0 atom stereocenters. The zero-order valence-electron chi connectivity index (χ0n) is 16.0. The SMILES string of the molecule is CCn1c2ccccc2c2cc(/C=N\NC(=O)CNc3ccccc3Cl)ccc21. The summed E-state index contributed by atoms with van der Waals surface area (Å²) < 4.78 is 2.30. The monoisotopic (exact) mass is 404 g/mol. The van der Waals surface area contributed by atoms with Crippen molar-refractivity contribution in [1.82, 2.24) is 9.99 Å². The van der Waals surface area contributed by atoms with Gasteiger partial charge in [0.15, 0.2) is 0 Å². The largest absolute Gasteiger partial charge is 0.375 e. The molecule has 1 amide bonds. The number of nitrogens with zero attached hydrogens (tertiary/aromatic N) is 2. The van der Waals surface area contributed by atoms with Gasteiger partial charge in [-0.1, -0.05) is 48.0 Å². The fourth-order valence-corrected chi connectivity index (χ4v) is 3.69. The zero-order valence-corrected chi connectivity index (χ0v) is 16.8. The van der Waals surface area contributed by atoms with Gasteiger partial charge in [0.25, 0.3) is 5.91 Å². The number of benzene rings is 3. The zero-order chi connectivity index (χ0) is 20.2. The molecule has 0 unspecified atom stereocenters. The maximum Gasteiger partial charge on any atom is 0.259 e. The summed E-state index contributed by atoms with van der Waals surface area (Å²) in [7, 11) is 0. The first-order valence-electron chi connectivity index (χ1n) is 9.48. The van der Waals surface area contributed by atoms with E-state index in [0.717, 1.165) is 12.1 Å². The Bertz CT molecular complexity index is 1210. The van der Waals surface area contributed by atoms with Crippen molar-refractivity contribution in [1.29, 1.82) is 0 Å². The Balaban J connectivity index is 1.46. The Morgan fingerprint density at radius 3 is 2.62 bits per heavy atom. The summed E-state index contributed by atoms with van der Waals surface area (Å²) in [5.41, 5.74) is 6.60. The van der Waals surface area contributed by atoms with Gasteiger partial charge in [-0.3, -0.25) is 4.79 Å². The van der Waals surface area contributed by atoms with E-state index in [-0.39, 0.29) is 12.5 Å². The summed E-state index contributed by atoms with van der Waals surface area (Å²) >= 11 is 6.07. The summed E-state index contributed by atoms with van der Waals surface area (Å²) in [5, 5.41) is 10.0. The standard InChI is InChI=1S/C23H21ClN4O/c1-2-28-21-10-6-3-7-17(21)18-13-16(11-12-22(18)28)14-26-27-23(29)15-25-20-9-5-4-8-19(20)24/h3-14,25H,2,15H2,1H3,(H,27,29)/b26-14-. The molecule has 0 saturated heterocycles. The van der Waals surface area contributed by atoms with Crippen LogP contribution in [-0.4, -0.2) is 23.2 Å². The van der Waals surface area contributed by atoms with Crippen molar-refractivity contribution in [3.63, 3.8) is 0 Å². The normalized spacial score (nSPS) is 11.4. The first-order valence-corrected chi connectivity index (χ1v) is 9.86. The maximum atomic E-state index is 12.0. The van der Waals surface area contributed by atoms with Gasteiger partial charge in [0.05, 0.1) is 23.5 Å². The van der Waals surface area contributed by atoms with Gasteiger partial charge in [0.1, 0.15) is 0 Å². The second kappa shape index (κ2) is 8.37. The van der Waals surface area contributed by atoms with Gasteiger partial charge in [-0.2, -0.15) is 5.10 Å². The molecular formula is C23H21ClN4O. The molecule has 1 heterocycles. The van der Waals surface area contributed by atoms with Gasteiger partial charge < -0.3 is 9.88 Å². The molecule has 6 heteroatoms. The summed E-state index contributed by atoms with van der Waals surface area (Å²) in [4.78, 5) is 12.0. The first kappa shape index (κ1) is 19.0. The van der Waals surface area contributed by atoms with Crippen molar-refractivity contribution in [2.75, 3.05) is 11.9 Å².